The van der Waals surface area contributed by atoms with Crippen molar-refractivity contribution in [2.24, 2.45) is 0 Å². The van der Waals surface area contributed by atoms with Crippen molar-refractivity contribution in [3.8, 4) is 11.5 Å². The number of H-pyrrole nitrogens is 2. The predicted octanol–water partition coefficient (Wildman–Crippen LogP) is 4.68. The minimum atomic E-state index is -0.275. The normalized spacial score (nSPS) is 10.8. The number of aromatic amines is 2. The lowest BCUT2D eigenvalue weighted by Crippen LogP contribution is -2.07. The van der Waals surface area contributed by atoms with Crippen LogP contribution in [0, 0.1) is 4.77 Å². The Morgan fingerprint density at radius 1 is 0.952 bits per heavy atom. The molecule has 0 aliphatic rings. The molecule has 3 rings (SSSR count). The number of fused-ring (bicyclic) bond motifs is 1. The smallest absolute Gasteiger partial charge is 0.259 e. The molecule has 0 aliphatic heterocycles. The highest BCUT2D eigenvalue weighted by atomic mass is 35.5. The van der Waals surface area contributed by atoms with E-state index in [0.717, 1.165) is 0 Å². The SMILES string of the molecule is O=c1[nH]c(=S)[nH]c2ccc(Oc3cc(Cl)cc(Cl)c3)cc12. The summed E-state index contributed by atoms with van der Waals surface area (Å²) in [5, 5.41) is 1.40. The Kier molecular flexibility index (Phi) is 3.71. The first kappa shape index (κ1) is 14.1. The van der Waals surface area contributed by atoms with E-state index in [4.69, 9.17) is 40.2 Å². The molecule has 0 spiro atoms. The maximum Gasteiger partial charge on any atom is 0.259 e. The zero-order valence-electron chi connectivity index (χ0n) is 10.4. The molecule has 2 aromatic carbocycles. The number of hydrogen-bond acceptors (Lipinski definition) is 3. The van der Waals surface area contributed by atoms with Crippen LogP contribution in [0.4, 0.5) is 0 Å². The summed E-state index contributed by atoms with van der Waals surface area (Å²) in [7, 11) is 0. The summed E-state index contributed by atoms with van der Waals surface area (Å²) in [6, 6.07) is 9.96. The van der Waals surface area contributed by atoms with Crippen molar-refractivity contribution < 1.29 is 4.74 Å². The van der Waals surface area contributed by atoms with Gasteiger partial charge in [0.1, 0.15) is 11.5 Å². The van der Waals surface area contributed by atoms with Crippen LogP contribution in [0.2, 0.25) is 10.0 Å². The highest BCUT2D eigenvalue weighted by Gasteiger charge is 2.05. The van der Waals surface area contributed by atoms with E-state index in [0.29, 0.717) is 32.4 Å². The lowest BCUT2D eigenvalue weighted by molar-refractivity contribution is 0.483. The Morgan fingerprint density at radius 3 is 2.38 bits per heavy atom. The van der Waals surface area contributed by atoms with Crippen molar-refractivity contribution in [1.29, 1.82) is 0 Å². The van der Waals surface area contributed by atoms with E-state index in [1.54, 1.807) is 36.4 Å². The van der Waals surface area contributed by atoms with Crippen molar-refractivity contribution in [1.82, 2.24) is 9.97 Å². The van der Waals surface area contributed by atoms with E-state index in [1.165, 1.54) is 0 Å². The van der Waals surface area contributed by atoms with Gasteiger partial charge in [0.2, 0.25) is 0 Å². The van der Waals surface area contributed by atoms with Crippen LogP contribution in [0.3, 0.4) is 0 Å². The van der Waals surface area contributed by atoms with E-state index in [2.05, 4.69) is 9.97 Å². The molecule has 0 unspecified atom stereocenters. The van der Waals surface area contributed by atoms with Gasteiger partial charge < -0.3 is 9.72 Å². The van der Waals surface area contributed by atoms with Crippen LogP contribution in [0.5, 0.6) is 11.5 Å². The highest BCUT2D eigenvalue weighted by Crippen LogP contribution is 2.29. The third-order valence-electron chi connectivity index (χ3n) is 2.78. The summed E-state index contributed by atoms with van der Waals surface area (Å²) in [6.45, 7) is 0. The van der Waals surface area contributed by atoms with Crippen LogP contribution < -0.4 is 10.3 Å². The fourth-order valence-corrected chi connectivity index (χ4v) is 2.64. The molecule has 0 amide bonds. The topological polar surface area (TPSA) is 57.9 Å². The monoisotopic (exact) mass is 338 g/mol. The number of halogens is 2. The standard InChI is InChI=1S/C14H8Cl2N2O2S/c15-7-3-8(16)5-10(4-7)20-9-1-2-12-11(6-9)13(19)18-14(21)17-12/h1-6H,(H2,17,18,19,21). The Hall–Kier alpha value is -1.82. The third-order valence-corrected chi connectivity index (χ3v) is 3.42. The van der Waals surface area contributed by atoms with Crippen molar-refractivity contribution in [2.45, 2.75) is 0 Å². The van der Waals surface area contributed by atoms with E-state index in [-0.39, 0.29) is 10.3 Å². The predicted molar refractivity (Wildman–Crippen MR) is 86.3 cm³/mol. The molecule has 21 heavy (non-hydrogen) atoms. The van der Waals surface area contributed by atoms with Gasteiger partial charge in [0.05, 0.1) is 10.9 Å². The lowest BCUT2D eigenvalue weighted by atomic mass is 10.2. The van der Waals surface area contributed by atoms with Gasteiger partial charge in [0.15, 0.2) is 4.77 Å². The first-order valence-corrected chi connectivity index (χ1v) is 7.08. The molecule has 0 saturated carbocycles. The molecular weight excluding hydrogens is 331 g/mol. The van der Waals surface area contributed by atoms with Crippen LogP contribution in [-0.4, -0.2) is 9.97 Å². The van der Waals surface area contributed by atoms with Crippen LogP contribution in [-0.2, 0) is 0 Å². The molecule has 0 bridgehead atoms. The molecule has 2 N–H and O–H groups in total. The quantitative estimate of drug-likeness (QED) is 0.666. The van der Waals surface area contributed by atoms with Crippen molar-refractivity contribution >= 4 is 46.3 Å². The van der Waals surface area contributed by atoms with E-state index >= 15 is 0 Å². The zero-order chi connectivity index (χ0) is 15.0. The molecule has 1 aromatic heterocycles. The molecule has 4 nitrogen and oxygen atoms in total. The molecule has 3 aromatic rings. The Labute approximate surface area is 134 Å². The average Bonchev–Trinajstić information content (AvgIpc) is 2.38. The van der Waals surface area contributed by atoms with Crippen LogP contribution in [0.25, 0.3) is 10.9 Å². The van der Waals surface area contributed by atoms with Crippen molar-refractivity contribution in [3.63, 3.8) is 0 Å². The number of aromatic nitrogens is 2. The molecule has 0 atom stereocenters. The van der Waals surface area contributed by atoms with Crippen LogP contribution in [0.15, 0.2) is 41.2 Å². The van der Waals surface area contributed by atoms with Gasteiger partial charge >= 0.3 is 0 Å². The summed E-state index contributed by atoms with van der Waals surface area (Å²) >= 11 is 16.8. The Balaban J connectivity index is 2.05. The van der Waals surface area contributed by atoms with Crippen molar-refractivity contribution in [2.75, 3.05) is 0 Å². The van der Waals surface area contributed by atoms with Gasteiger partial charge in [0, 0.05) is 10.0 Å². The third kappa shape index (κ3) is 3.10. The second-order valence-corrected chi connectivity index (χ2v) is 5.60. The highest BCUT2D eigenvalue weighted by molar-refractivity contribution is 7.71. The Morgan fingerprint density at radius 2 is 1.67 bits per heavy atom. The minimum absolute atomic E-state index is 0.275. The average molecular weight is 339 g/mol. The molecule has 7 heteroatoms. The summed E-state index contributed by atoms with van der Waals surface area (Å²) in [5.41, 5.74) is 0.364. The molecule has 106 valence electrons. The van der Waals surface area contributed by atoms with Crippen LogP contribution in [0.1, 0.15) is 0 Å². The fourth-order valence-electron chi connectivity index (χ4n) is 1.93. The Bertz CT molecular complexity index is 929. The fraction of sp³-hybridized carbons (Fsp3) is 0. The van der Waals surface area contributed by atoms with E-state index in [9.17, 15) is 4.79 Å². The summed E-state index contributed by atoms with van der Waals surface area (Å²) in [4.78, 5) is 17.3. The lowest BCUT2D eigenvalue weighted by Gasteiger charge is -2.07. The second kappa shape index (κ2) is 5.52. The van der Waals surface area contributed by atoms with E-state index in [1.807, 2.05) is 0 Å². The van der Waals surface area contributed by atoms with Crippen molar-refractivity contribution in [3.05, 3.63) is 61.6 Å². The van der Waals surface area contributed by atoms with Gasteiger partial charge in [-0.3, -0.25) is 9.78 Å². The maximum atomic E-state index is 11.9. The molecule has 0 aliphatic carbocycles. The summed E-state index contributed by atoms with van der Waals surface area (Å²) < 4.78 is 5.95. The van der Waals surface area contributed by atoms with Gasteiger partial charge in [-0.1, -0.05) is 23.2 Å². The van der Waals surface area contributed by atoms with Gasteiger partial charge in [-0.05, 0) is 48.6 Å². The zero-order valence-corrected chi connectivity index (χ0v) is 12.8. The molecule has 1 heterocycles. The molecule has 0 radical (unpaired) electrons. The number of ether oxygens (including phenoxy) is 1. The number of rotatable bonds is 2. The first-order valence-electron chi connectivity index (χ1n) is 5.91. The number of nitrogens with one attached hydrogen (secondary N) is 2. The van der Waals surface area contributed by atoms with E-state index < -0.39 is 0 Å². The summed E-state index contributed by atoms with van der Waals surface area (Å²) in [5.74, 6) is 0.990. The van der Waals surface area contributed by atoms with Gasteiger partial charge in [0.25, 0.3) is 5.56 Å². The van der Waals surface area contributed by atoms with Gasteiger partial charge in [-0.2, -0.15) is 0 Å². The van der Waals surface area contributed by atoms with Crippen LogP contribution >= 0.6 is 35.4 Å². The summed E-state index contributed by atoms with van der Waals surface area (Å²) in [6.07, 6.45) is 0. The molecule has 0 saturated heterocycles. The molecular formula is C14H8Cl2N2O2S. The maximum absolute atomic E-state index is 11.9. The first-order chi connectivity index (χ1) is 10.0. The largest absolute Gasteiger partial charge is 0.457 e. The number of benzene rings is 2. The molecule has 0 fully saturated rings. The van der Waals surface area contributed by atoms with Gasteiger partial charge in [-0.15, -0.1) is 0 Å². The second-order valence-electron chi connectivity index (χ2n) is 4.32. The van der Waals surface area contributed by atoms with Gasteiger partial charge in [-0.25, -0.2) is 0 Å². The number of hydrogen-bond donors (Lipinski definition) is 2. The minimum Gasteiger partial charge on any atom is -0.457 e.